The first-order valence-corrected chi connectivity index (χ1v) is 6.92. The summed E-state index contributed by atoms with van der Waals surface area (Å²) in [5, 5.41) is 9.48. The van der Waals surface area contributed by atoms with Crippen molar-refractivity contribution in [3.63, 3.8) is 0 Å². The van der Waals surface area contributed by atoms with Gasteiger partial charge in [-0.1, -0.05) is 56.7 Å². The molecule has 0 aliphatic heterocycles. The van der Waals surface area contributed by atoms with Crippen molar-refractivity contribution in [1.29, 1.82) is 0 Å². The van der Waals surface area contributed by atoms with E-state index in [1.165, 1.54) is 0 Å². The number of carboxylic acid groups (broad SMARTS) is 1. The molecule has 0 fully saturated rings. The van der Waals surface area contributed by atoms with Gasteiger partial charge < -0.3 is 5.11 Å². The molecule has 1 aromatic carbocycles. The molecule has 0 aliphatic carbocycles. The highest BCUT2D eigenvalue weighted by Crippen LogP contribution is 2.32. The molecule has 0 radical (unpaired) electrons. The smallest absolute Gasteiger partial charge is 0.310 e. The number of rotatable bonds is 6. The van der Waals surface area contributed by atoms with Crippen molar-refractivity contribution in [3.05, 3.63) is 35.9 Å². The minimum absolute atomic E-state index is 0.424. The predicted molar refractivity (Wildman–Crippen MR) is 77.8 cm³/mol. The summed E-state index contributed by atoms with van der Waals surface area (Å²) >= 11 is 0. The van der Waals surface area contributed by atoms with Crippen LogP contribution in [0.2, 0.25) is 0 Å². The Kier molecular flexibility index (Phi) is 6.15. The zero-order valence-corrected chi connectivity index (χ0v) is 11.8. The summed E-state index contributed by atoms with van der Waals surface area (Å²) < 4.78 is 0. The van der Waals surface area contributed by atoms with Crippen molar-refractivity contribution in [2.45, 2.75) is 46.0 Å². The quantitative estimate of drug-likeness (QED) is 0.780. The maximum atomic E-state index is 11.5. The first kappa shape index (κ1) is 15.3. The van der Waals surface area contributed by atoms with Crippen LogP contribution in [0.4, 0.5) is 0 Å². The van der Waals surface area contributed by atoms with Gasteiger partial charge in [0.25, 0.3) is 0 Å². The van der Waals surface area contributed by atoms with Crippen LogP contribution < -0.4 is 0 Å². The zero-order chi connectivity index (χ0) is 14.1. The minimum Gasteiger partial charge on any atom is -0.481 e. The maximum absolute atomic E-state index is 11.5. The molecule has 19 heavy (non-hydrogen) atoms. The Bertz CT molecular complexity index is 453. The molecule has 0 aromatic heterocycles. The third-order valence-corrected chi connectivity index (χ3v) is 3.57. The Morgan fingerprint density at radius 3 is 2.47 bits per heavy atom. The number of hydrogen-bond acceptors (Lipinski definition) is 1. The molecule has 0 saturated carbocycles. The highest BCUT2D eigenvalue weighted by Gasteiger charge is 2.35. The van der Waals surface area contributed by atoms with E-state index in [1.54, 1.807) is 0 Å². The van der Waals surface area contributed by atoms with Crippen LogP contribution in [0.3, 0.4) is 0 Å². The molecular weight excluding hydrogens is 236 g/mol. The number of carboxylic acids is 1. The van der Waals surface area contributed by atoms with Crippen molar-refractivity contribution >= 4 is 5.97 Å². The van der Waals surface area contributed by atoms with Crippen LogP contribution in [0, 0.1) is 17.3 Å². The third-order valence-electron chi connectivity index (χ3n) is 3.57. The van der Waals surface area contributed by atoms with Crippen LogP contribution in [0.15, 0.2) is 30.3 Å². The summed E-state index contributed by atoms with van der Waals surface area (Å²) in [7, 11) is 0. The fourth-order valence-electron chi connectivity index (χ4n) is 2.08. The second kappa shape index (κ2) is 7.63. The third kappa shape index (κ3) is 4.44. The number of unbranched alkanes of at least 4 members (excludes halogenated alkanes) is 1. The number of benzene rings is 1. The Morgan fingerprint density at radius 1 is 1.26 bits per heavy atom. The van der Waals surface area contributed by atoms with E-state index in [9.17, 15) is 9.90 Å². The summed E-state index contributed by atoms with van der Waals surface area (Å²) in [5.74, 6) is 5.39. The van der Waals surface area contributed by atoms with Gasteiger partial charge in [0.05, 0.1) is 5.41 Å². The van der Waals surface area contributed by atoms with Crippen molar-refractivity contribution in [1.82, 2.24) is 0 Å². The van der Waals surface area contributed by atoms with Gasteiger partial charge in [0, 0.05) is 12.0 Å². The summed E-state index contributed by atoms with van der Waals surface area (Å²) in [6.07, 6.45) is 3.71. The highest BCUT2D eigenvalue weighted by atomic mass is 16.4. The molecule has 1 aromatic rings. The molecule has 0 amide bonds. The van der Waals surface area contributed by atoms with E-state index in [-0.39, 0.29) is 0 Å². The maximum Gasteiger partial charge on any atom is 0.310 e. The second-order valence-electron chi connectivity index (χ2n) is 4.89. The van der Waals surface area contributed by atoms with Crippen molar-refractivity contribution < 1.29 is 9.90 Å². The van der Waals surface area contributed by atoms with Gasteiger partial charge in [0.1, 0.15) is 0 Å². The number of carbonyl (C=O) groups is 1. The molecule has 0 bridgehead atoms. The lowest BCUT2D eigenvalue weighted by Gasteiger charge is -2.25. The van der Waals surface area contributed by atoms with Crippen molar-refractivity contribution in [3.8, 4) is 11.8 Å². The average Bonchev–Trinajstić information content (AvgIpc) is 2.43. The molecule has 2 heteroatoms. The Labute approximate surface area is 115 Å². The normalized spacial score (nSPS) is 13.2. The van der Waals surface area contributed by atoms with E-state index >= 15 is 0 Å². The van der Waals surface area contributed by atoms with Gasteiger partial charge in [0.15, 0.2) is 0 Å². The van der Waals surface area contributed by atoms with E-state index in [4.69, 9.17) is 0 Å². The van der Waals surface area contributed by atoms with Gasteiger partial charge in [-0.05, 0) is 25.0 Å². The van der Waals surface area contributed by atoms with Crippen LogP contribution in [0.5, 0.6) is 0 Å². The number of aliphatic carboxylic acids is 1. The van der Waals surface area contributed by atoms with Gasteiger partial charge in [-0.2, -0.15) is 0 Å². The van der Waals surface area contributed by atoms with E-state index in [2.05, 4.69) is 18.8 Å². The molecule has 1 N–H and O–H groups in total. The first-order chi connectivity index (χ1) is 9.14. The predicted octanol–water partition coefficient (Wildman–Crippen LogP) is 4.10. The SMILES string of the molecule is CCCCC(CC)(CC#Cc1ccccc1)C(=O)O. The van der Waals surface area contributed by atoms with Gasteiger partial charge in [-0.25, -0.2) is 0 Å². The lowest BCUT2D eigenvalue weighted by molar-refractivity contribution is -0.149. The Morgan fingerprint density at radius 2 is 1.95 bits per heavy atom. The van der Waals surface area contributed by atoms with Crippen molar-refractivity contribution in [2.24, 2.45) is 5.41 Å². The molecule has 0 aliphatic rings. The summed E-state index contributed by atoms with van der Waals surface area (Å²) in [4.78, 5) is 11.5. The summed E-state index contributed by atoms with van der Waals surface area (Å²) in [6, 6.07) is 9.69. The highest BCUT2D eigenvalue weighted by molar-refractivity contribution is 5.75. The van der Waals surface area contributed by atoms with Crippen LogP contribution in [0.25, 0.3) is 0 Å². The lowest BCUT2D eigenvalue weighted by atomic mass is 9.77. The monoisotopic (exact) mass is 258 g/mol. The molecule has 0 spiro atoms. The number of hydrogen-bond donors (Lipinski definition) is 1. The molecule has 1 atom stereocenters. The van der Waals surface area contributed by atoms with E-state index in [1.807, 2.05) is 37.3 Å². The van der Waals surface area contributed by atoms with Crippen LogP contribution in [-0.2, 0) is 4.79 Å². The fraction of sp³-hybridized carbons (Fsp3) is 0.471. The second-order valence-corrected chi connectivity index (χ2v) is 4.89. The van der Waals surface area contributed by atoms with Crippen LogP contribution in [0.1, 0.15) is 51.5 Å². The van der Waals surface area contributed by atoms with Crippen LogP contribution in [-0.4, -0.2) is 11.1 Å². The largest absolute Gasteiger partial charge is 0.481 e. The Balaban J connectivity index is 2.79. The standard InChI is InChI=1S/C17H22O2/c1-3-5-13-17(4-2,16(18)19)14-9-12-15-10-7-6-8-11-15/h6-8,10-11H,3-5,13-14H2,1-2H3,(H,18,19). The molecule has 2 nitrogen and oxygen atoms in total. The van der Waals surface area contributed by atoms with Gasteiger partial charge in [-0.15, -0.1) is 0 Å². The van der Waals surface area contributed by atoms with E-state index in [0.717, 1.165) is 18.4 Å². The topological polar surface area (TPSA) is 37.3 Å². The van der Waals surface area contributed by atoms with Crippen molar-refractivity contribution in [2.75, 3.05) is 0 Å². The van der Waals surface area contributed by atoms with Gasteiger partial charge in [0.2, 0.25) is 0 Å². The van der Waals surface area contributed by atoms with E-state index < -0.39 is 11.4 Å². The molecule has 0 heterocycles. The van der Waals surface area contributed by atoms with E-state index in [0.29, 0.717) is 19.3 Å². The summed E-state index contributed by atoms with van der Waals surface area (Å²) in [5.41, 5.74) is 0.256. The minimum atomic E-state index is -0.717. The molecule has 0 saturated heterocycles. The fourth-order valence-corrected chi connectivity index (χ4v) is 2.08. The Hall–Kier alpha value is -1.75. The summed E-state index contributed by atoms with van der Waals surface area (Å²) in [6.45, 7) is 4.02. The molecule has 1 rings (SSSR count). The van der Waals surface area contributed by atoms with Crippen LogP contribution >= 0.6 is 0 Å². The average molecular weight is 258 g/mol. The van der Waals surface area contributed by atoms with Gasteiger partial charge >= 0.3 is 5.97 Å². The molecule has 1 unspecified atom stereocenters. The van der Waals surface area contributed by atoms with Gasteiger partial charge in [-0.3, -0.25) is 4.79 Å². The first-order valence-electron chi connectivity index (χ1n) is 6.92. The molecular formula is C17H22O2. The zero-order valence-electron chi connectivity index (χ0n) is 11.8. The molecule has 102 valence electrons. The lowest BCUT2D eigenvalue weighted by Crippen LogP contribution is -2.30.